The van der Waals surface area contributed by atoms with Gasteiger partial charge < -0.3 is 13.3 Å². The van der Waals surface area contributed by atoms with Crippen molar-refractivity contribution in [2.45, 2.75) is 0 Å². The monoisotopic (exact) mass is 726 g/mol. The molecule has 0 aliphatic heterocycles. The average Bonchev–Trinajstić information content (AvgIpc) is 3.97. The van der Waals surface area contributed by atoms with Crippen LogP contribution in [-0.2, 0) is 0 Å². The molecule has 13 rings (SSSR count). The number of hydrogen-bond acceptors (Lipinski definition) is 3. The summed E-state index contributed by atoms with van der Waals surface area (Å²) in [5.41, 5.74) is 12.3. The number of hydrogen-bond donors (Lipinski definition) is 0. The summed E-state index contributed by atoms with van der Waals surface area (Å²) in [6.45, 7) is 0. The van der Waals surface area contributed by atoms with Crippen LogP contribution < -0.4 is 0 Å². The number of furan rings is 3. The van der Waals surface area contributed by atoms with Gasteiger partial charge in [0.2, 0.25) is 0 Å². The first kappa shape index (κ1) is 30.7. The van der Waals surface area contributed by atoms with Crippen LogP contribution in [0.1, 0.15) is 0 Å². The third kappa shape index (κ3) is 4.31. The third-order valence-electron chi connectivity index (χ3n) is 12.1. The molecule has 0 atom stereocenters. The fraction of sp³-hybridized carbons (Fsp3) is 0. The molecule has 264 valence electrons. The highest BCUT2D eigenvalue weighted by molar-refractivity contribution is 6.26. The molecule has 0 saturated carbocycles. The van der Waals surface area contributed by atoms with Gasteiger partial charge in [-0.25, -0.2) is 0 Å². The molecule has 3 nitrogen and oxygen atoms in total. The van der Waals surface area contributed by atoms with E-state index in [1.54, 1.807) is 0 Å². The van der Waals surface area contributed by atoms with Crippen LogP contribution in [0.15, 0.2) is 195 Å². The second-order valence-electron chi connectivity index (χ2n) is 15.1. The Bertz CT molecular complexity index is 3750. The van der Waals surface area contributed by atoms with Crippen molar-refractivity contribution in [3.05, 3.63) is 182 Å². The van der Waals surface area contributed by atoms with Gasteiger partial charge in [0, 0.05) is 37.9 Å². The molecule has 0 N–H and O–H groups in total. The Balaban J connectivity index is 0.972. The van der Waals surface area contributed by atoms with E-state index in [4.69, 9.17) is 13.3 Å². The molecule has 0 unspecified atom stereocenters. The maximum Gasteiger partial charge on any atom is 0.147 e. The minimum absolute atomic E-state index is 0.827. The van der Waals surface area contributed by atoms with Crippen LogP contribution in [0.5, 0.6) is 0 Å². The van der Waals surface area contributed by atoms with Crippen molar-refractivity contribution in [1.82, 2.24) is 0 Å². The van der Waals surface area contributed by atoms with E-state index in [2.05, 4.69) is 170 Å². The van der Waals surface area contributed by atoms with Crippen molar-refractivity contribution in [3.63, 3.8) is 0 Å². The van der Waals surface area contributed by atoms with Crippen LogP contribution in [0.3, 0.4) is 0 Å². The van der Waals surface area contributed by atoms with Crippen LogP contribution in [0.25, 0.3) is 132 Å². The maximum absolute atomic E-state index is 6.74. The predicted molar refractivity (Wildman–Crippen MR) is 237 cm³/mol. The molecule has 57 heavy (non-hydrogen) atoms. The van der Waals surface area contributed by atoms with Gasteiger partial charge in [-0.2, -0.15) is 0 Å². The van der Waals surface area contributed by atoms with E-state index in [0.717, 1.165) is 87.7 Å². The zero-order valence-corrected chi connectivity index (χ0v) is 30.5. The Kier molecular flexibility index (Phi) is 6.16. The Morgan fingerprint density at radius 1 is 0.263 bits per heavy atom. The summed E-state index contributed by atoms with van der Waals surface area (Å²) in [6, 6.07) is 64.9. The van der Waals surface area contributed by atoms with E-state index >= 15 is 0 Å². The Morgan fingerprint density at radius 3 is 1.61 bits per heavy atom. The highest BCUT2D eigenvalue weighted by Gasteiger charge is 2.21. The van der Waals surface area contributed by atoms with Crippen molar-refractivity contribution in [2.24, 2.45) is 0 Å². The number of fused-ring (bicyclic) bond motifs is 14. The fourth-order valence-electron chi connectivity index (χ4n) is 9.53. The van der Waals surface area contributed by atoms with E-state index in [1.807, 2.05) is 12.1 Å². The number of rotatable bonds is 3. The molecular weight excluding hydrogens is 697 g/mol. The summed E-state index contributed by atoms with van der Waals surface area (Å²) >= 11 is 0. The highest BCUT2D eigenvalue weighted by Crippen LogP contribution is 2.46. The summed E-state index contributed by atoms with van der Waals surface area (Å²) in [6.07, 6.45) is 0. The molecule has 0 aliphatic carbocycles. The highest BCUT2D eigenvalue weighted by atomic mass is 16.3. The summed E-state index contributed by atoms with van der Waals surface area (Å²) in [7, 11) is 0. The summed E-state index contributed by atoms with van der Waals surface area (Å²) < 4.78 is 19.7. The van der Waals surface area contributed by atoms with Gasteiger partial charge in [-0.15, -0.1) is 0 Å². The van der Waals surface area contributed by atoms with E-state index in [0.29, 0.717) is 0 Å². The molecule has 0 bridgehead atoms. The molecule has 0 spiro atoms. The quantitative estimate of drug-likeness (QED) is 0.170. The molecule has 3 aromatic heterocycles. The van der Waals surface area contributed by atoms with E-state index in [-0.39, 0.29) is 0 Å². The van der Waals surface area contributed by atoms with Gasteiger partial charge in [0.25, 0.3) is 0 Å². The van der Waals surface area contributed by atoms with Crippen molar-refractivity contribution in [2.75, 3.05) is 0 Å². The largest absolute Gasteiger partial charge is 0.455 e. The normalized spacial score (nSPS) is 12.2. The lowest BCUT2D eigenvalue weighted by Crippen LogP contribution is -1.90. The molecule has 0 radical (unpaired) electrons. The molecule has 13 aromatic rings. The van der Waals surface area contributed by atoms with Crippen molar-refractivity contribution < 1.29 is 13.3 Å². The van der Waals surface area contributed by atoms with Gasteiger partial charge in [-0.1, -0.05) is 133 Å². The van der Waals surface area contributed by atoms with Gasteiger partial charge in [0.1, 0.15) is 33.5 Å². The Hall–Kier alpha value is -7.62. The van der Waals surface area contributed by atoms with E-state index in [1.165, 1.54) is 43.8 Å². The molecule has 0 amide bonds. The van der Waals surface area contributed by atoms with Crippen LogP contribution in [-0.4, -0.2) is 0 Å². The Labute approximate surface area is 325 Å². The fourth-order valence-corrected chi connectivity index (χ4v) is 9.53. The van der Waals surface area contributed by atoms with Gasteiger partial charge in [-0.3, -0.25) is 0 Å². The van der Waals surface area contributed by atoms with Gasteiger partial charge in [-0.05, 0) is 103 Å². The lowest BCUT2D eigenvalue weighted by Gasteiger charge is -2.17. The molecule has 3 heterocycles. The molecular formula is C54H30O3. The third-order valence-corrected chi connectivity index (χ3v) is 12.1. The minimum Gasteiger partial charge on any atom is -0.455 e. The molecule has 0 fully saturated rings. The first-order chi connectivity index (χ1) is 28.3. The van der Waals surface area contributed by atoms with E-state index < -0.39 is 0 Å². The molecule has 3 heteroatoms. The summed E-state index contributed by atoms with van der Waals surface area (Å²) in [5, 5.41) is 13.6. The van der Waals surface area contributed by atoms with Crippen molar-refractivity contribution in [3.8, 4) is 33.4 Å². The number of para-hydroxylation sites is 2. The average molecular weight is 727 g/mol. The zero-order chi connectivity index (χ0) is 37.2. The van der Waals surface area contributed by atoms with Crippen LogP contribution >= 0.6 is 0 Å². The Morgan fingerprint density at radius 2 is 0.825 bits per heavy atom. The standard InChI is InChI=1S/C54H30O3/c1-2-11-31(12-3-1)49-38-14-4-6-16-40(38)50(41-17-7-5-15-39(41)49)34-23-27-47-45(30-34)42-19-10-18-35(52(42)55-47)32-21-24-36-33(29-32)22-25-44-51-48(57-53(36)44)28-26-43-37-13-8-9-20-46(37)56-54(43)51/h1-30H. The van der Waals surface area contributed by atoms with Crippen molar-refractivity contribution in [1.29, 1.82) is 0 Å². The topological polar surface area (TPSA) is 39.4 Å². The SMILES string of the molecule is c1ccc(-c2c3ccccc3c(-c3ccc4oc5c(-c6ccc7c(ccc8c7oc7ccc9c%10ccccc%10oc9c78)c6)cccc5c4c3)c3ccccc23)cc1. The first-order valence-electron chi connectivity index (χ1n) is 19.4. The zero-order valence-electron chi connectivity index (χ0n) is 30.5. The second-order valence-corrected chi connectivity index (χ2v) is 15.1. The molecule has 10 aromatic carbocycles. The molecule has 0 aliphatic rings. The lowest BCUT2D eigenvalue weighted by atomic mass is 9.86. The van der Waals surface area contributed by atoms with Gasteiger partial charge in [0.05, 0.1) is 5.39 Å². The lowest BCUT2D eigenvalue weighted by molar-refractivity contribution is 0.664. The molecule has 0 saturated heterocycles. The van der Waals surface area contributed by atoms with Gasteiger partial charge >= 0.3 is 0 Å². The van der Waals surface area contributed by atoms with Crippen LogP contribution in [0.2, 0.25) is 0 Å². The predicted octanol–water partition coefficient (Wildman–Crippen LogP) is 15.8. The second kappa shape index (κ2) is 11.5. The maximum atomic E-state index is 6.74. The van der Waals surface area contributed by atoms with Gasteiger partial charge in [0.15, 0.2) is 0 Å². The summed E-state index contributed by atoms with van der Waals surface area (Å²) in [5.74, 6) is 0. The van der Waals surface area contributed by atoms with Crippen LogP contribution in [0, 0.1) is 0 Å². The smallest absolute Gasteiger partial charge is 0.147 e. The summed E-state index contributed by atoms with van der Waals surface area (Å²) in [4.78, 5) is 0. The number of benzene rings is 10. The van der Waals surface area contributed by atoms with E-state index in [9.17, 15) is 0 Å². The van der Waals surface area contributed by atoms with Crippen molar-refractivity contribution >= 4 is 98.1 Å². The van der Waals surface area contributed by atoms with Crippen LogP contribution in [0.4, 0.5) is 0 Å². The minimum atomic E-state index is 0.827. The first-order valence-corrected chi connectivity index (χ1v) is 19.4.